The summed E-state index contributed by atoms with van der Waals surface area (Å²) in [5, 5.41) is 6.48. The van der Waals surface area contributed by atoms with Gasteiger partial charge >= 0.3 is 0 Å². The Morgan fingerprint density at radius 1 is 1.12 bits per heavy atom. The second kappa shape index (κ2) is 8.34. The van der Waals surface area contributed by atoms with Crippen molar-refractivity contribution in [1.29, 1.82) is 0 Å². The zero-order valence-corrected chi connectivity index (χ0v) is 13.5. The average Bonchev–Trinajstić information content (AvgIpc) is 2.60. The number of carbonyl (C=O) groups is 3. The quantitative estimate of drug-likeness (QED) is 0.542. The molecule has 0 saturated heterocycles. The van der Waals surface area contributed by atoms with Gasteiger partial charge in [0.05, 0.1) is 17.7 Å². The van der Waals surface area contributed by atoms with E-state index in [0.717, 1.165) is 0 Å². The Morgan fingerprint density at radius 3 is 2.48 bits per heavy atom. The van der Waals surface area contributed by atoms with E-state index in [0.29, 0.717) is 17.0 Å². The van der Waals surface area contributed by atoms with Gasteiger partial charge in [-0.2, -0.15) is 5.10 Å². The smallest absolute Gasteiger partial charge is 0.271 e. The molecule has 4 N–H and O–H groups in total. The maximum Gasteiger partial charge on any atom is 0.271 e. The lowest BCUT2D eigenvalue weighted by atomic mass is 10.1. The van der Waals surface area contributed by atoms with Crippen LogP contribution in [0.5, 0.6) is 0 Å². The lowest BCUT2D eigenvalue weighted by Gasteiger charge is -2.08. The van der Waals surface area contributed by atoms with E-state index in [9.17, 15) is 14.4 Å². The minimum atomic E-state index is -0.633. The van der Waals surface area contributed by atoms with Crippen molar-refractivity contribution in [3.8, 4) is 0 Å². The molecule has 0 saturated carbocycles. The first kappa shape index (κ1) is 17.8. The third-order valence-electron chi connectivity index (χ3n) is 3.17. The largest absolute Gasteiger partial charge is 0.366 e. The van der Waals surface area contributed by atoms with Crippen LogP contribution in [0, 0.1) is 0 Å². The molecule has 0 aliphatic rings. The molecule has 0 fully saturated rings. The SMILES string of the molecule is CC(CC(=O)Nc1ccccc1C(N)=O)=NNC(=O)c1ccncc1. The molecule has 8 heteroatoms. The highest BCUT2D eigenvalue weighted by atomic mass is 16.2. The van der Waals surface area contributed by atoms with Crippen LogP contribution in [-0.4, -0.2) is 28.4 Å². The summed E-state index contributed by atoms with van der Waals surface area (Å²) in [6, 6.07) is 9.53. The van der Waals surface area contributed by atoms with Gasteiger partial charge in [0, 0.05) is 23.7 Å². The predicted molar refractivity (Wildman–Crippen MR) is 93.0 cm³/mol. The number of anilines is 1. The van der Waals surface area contributed by atoms with Crippen LogP contribution in [0.3, 0.4) is 0 Å². The van der Waals surface area contributed by atoms with E-state index < -0.39 is 11.8 Å². The number of primary amides is 1. The van der Waals surface area contributed by atoms with Gasteiger partial charge in [0.15, 0.2) is 0 Å². The standard InChI is InChI=1S/C17H17N5O3/c1-11(21-22-17(25)12-6-8-19-9-7-12)10-15(23)20-14-5-3-2-4-13(14)16(18)24/h2-9H,10H2,1H3,(H2,18,24)(H,20,23)(H,22,25). The van der Waals surface area contributed by atoms with E-state index in [1.807, 2.05) is 0 Å². The van der Waals surface area contributed by atoms with Crippen LogP contribution in [0.1, 0.15) is 34.1 Å². The monoisotopic (exact) mass is 339 g/mol. The number of amides is 3. The molecule has 1 heterocycles. The Kier molecular flexibility index (Phi) is 5.94. The molecule has 0 unspecified atom stereocenters. The van der Waals surface area contributed by atoms with Gasteiger partial charge in [0.25, 0.3) is 11.8 Å². The normalized spacial score (nSPS) is 10.8. The number of benzene rings is 1. The number of rotatable bonds is 6. The molecule has 0 radical (unpaired) electrons. The van der Waals surface area contributed by atoms with Crippen LogP contribution >= 0.6 is 0 Å². The number of hydrogen-bond acceptors (Lipinski definition) is 5. The van der Waals surface area contributed by atoms with Crippen molar-refractivity contribution in [2.24, 2.45) is 10.8 Å². The number of para-hydroxylation sites is 1. The van der Waals surface area contributed by atoms with Crippen LogP contribution < -0.4 is 16.5 Å². The molecule has 128 valence electrons. The fourth-order valence-corrected chi connectivity index (χ4v) is 1.99. The van der Waals surface area contributed by atoms with Gasteiger partial charge in [0.2, 0.25) is 5.91 Å². The van der Waals surface area contributed by atoms with Crippen LogP contribution in [0.4, 0.5) is 5.69 Å². The van der Waals surface area contributed by atoms with Crippen molar-refractivity contribution in [2.45, 2.75) is 13.3 Å². The van der Waals surface area contributed by atoms with Crippen LogP contribution in [-0.2, 0) is 4.79 Å². The summed E-state index contributed by atoms with van der Waals surface area (Å²) in [5.74, 6) is -1.42. The third-order valence-corrected chi connectivity index (χ3v) is 3.17. The molecule has 0 aliphatic carbocycles. The van der Waals surface area contributed by atoms with E-state index in [2.05, 4.69) is 20.8 Å². The second-order valence-electron chi connectivity index (χ2n) is 5.16. The molecule has 2 rings (SSSR count). The summed E-state index contributed by atoms with van der Waals surface area (Å²) in [5.41, 5.74) is 8.98. The van der Waals surface area contributed by atoms with E-state index in [-0.39, 0.29) is 17.9 Å². The van der Waals surface area contributed by atoms with Gasteiger partial charge < -0.3 is 11.1 Å². The van der Waals surface area contributed by atoms with E-state index in [1.165, 1.54) is 18.5 Å². The van der Waals surface area contributed by atoms with Crippen molar-refractivity contribution in [3.05, 3.63) is 59.9 Å². The van der Waals surface area contributed by atoms with Gasteiger partial charge in [0.1, 0.15) is 0 Å². The first-order valence-corrected chi connectivity index (χ1v) is 7.39. The number of aromatic nitrogens is 1. The number of nitrogens with zero attached hydrogens (tertiary/aromatic N) is 2. The number of nitrogens with two attached hydrogens (primary N) is 1. The first-order valence-electron chi connectivity index (χ1n) is 7.39. The molecular formula is C17H17N5O3. The molecule has 25 heavy (non-hydrogen) atoms. The molecular weight excluding hydrogens is 322 g/mol. The average molecular weight is 339 g/mol. The van der Waals surface area contributed by atoms with E-state index >= 15 is 0 Å². The van der Waals surface area contributed by atoms with Crippen LogP contribution in [0.25, 0.3) is 0 Å². The third kappa shape index (κ3) is 5.24. The Bertz CT molecular complexity index is 818. The molecule has 1 aromatic carbocycles. The van der Waals surface area contributed by atoms with E-state index in [4.69, 9.17) is 5.73 Å². The Labute approximate surface area is 144 Å². The van der Waals surface area contributed by atoms with Crippen molar-refractivity contribution in [3.63, 3.8) is 0 Å². The van der Waals surface area contributed by atoms with Crippen molar-refractivity contribution < 1.29 is 14.4 Å². The van der Waals surface area contributed by atoms with Crippen molar-refractivity contribution in [2.75, 3.05) is 5.32 Å². The van der Waals surface area contributed by atoms with Gasteiger partial charge in [-0.25, -0.2) is 5.43 Å². The Morgan fingerprint density at radius 2 is 1.80 bits per heavy atom. The number of carbonyl (C=O) groups excluding carboxylic acids is 3. The highest BCUT2D eigenvalue weighted by Gasteiger charge is 2.11. The number of hydrazone groups is 1. The van der Waals surface area contributed by atoms with Gasteiger partial charge in [-0.15, -0.1) is 0 Å². The molecule has 1 aromatic heterocycles. The second-order valence-corrected chi connectivity index (χ2v) is 5.16. The van der Waals surface area contributed by atoms with Gasteiger partial charge in [-0.1, -0.05) is 12.1 Å². The molecule has 0 aliphatic heterocycles. The summed E-state index contributed by atoms with van der Waals surface area (Å²) >= 11 is 0. The molecule has 0 atom stereocenters. The molecule has 0 bridgehead atoms. The fraction of sp³-hybridized carbons (Fsp3) is 0.118. The Balaban J connectivity index is 1.94. The van der Waals surface area contributed by atoms with Crippen molar-refractivity contribution in [1.82, 2.24) is 10.4 Å². The number of hydrogen-bond donors (Lipinski definition) is 3. The molecule has 2 aromatic rings. The molecule has 3 amide bonds. The summed E-state index contributed by atoms with van der Waals surface area (Å²) < 4.78 is 0. The number of pyridine rings is 1. The highest BCUT2D eigenvalue weighted by Crippen LogP contribution is 2.14. The van der Waals surface area contributed by atoms with Crippen molar-refractivity contribution >= 4 is 29.1 Å². The highest BCUT2D eigenvalue weighted by molar-refractivity contribution is 6.09. The minimum Gasteiger partial charge on any atom is -0.366 e. The maximum absolute atomic E-state index is 12.0. The first-order chi connectivity index (χ1) is 12.0. The fourth-order valence-electron chi connectivity index (χ4n) is 1.99. The minimum absolute atomic E-state index is 0.0519. The summed E-state index contributed by atoms with van der Waals surface area (Å²) in [6.45, 7) is 1.60. The lowest BCUT2D eigenvalue weighted by molar-refractivity contribution is -0.115. The summed E-state index contributed by atoms with van der Waals surface area (Å²) in [7, 11) is 0. The van der Waals surface area contributed by atoms with E-state index in [1.54, 1.807) is 37.3 Å². The lowest BCUT2D eigenvalue weighted by Crippen LogP contribution is -2.22. The summed E-state index contributed by atoms with van der Waals surface area (Å²) in [6.07, 6.45) is 2.94. The molecule has 8 nitrogen and oxygen atoms in total. The zero-order chi connectivity index (χ0) is 18.2. The topological polar surface area (TPSA) is 127 Å². The zero-order valence-electron chi connectivity index (χ0n) is 13.5. The van der Waals surface area contributed by atoms with Crippen LogP contribution in [0.2, 0.25) is 0 Å². The maximum atomic E-state index is 12.0. The summed E-state index contributed by atoms with van der Waals surface area (Å²) in [4.78, 5) is 39.0. The Hall–Kier alpha value is -3.55. The van der Waals surface area contributed by atoms with Gasteiger partial charge in [-0.3, -0.25) is 19.4 Å². The predicted octanol–water partition coefficient (Wildman–Crippen LogP) is 1.31. The molecule has 0 spiro atoms. The van der Waals surface area contributed by atoms with Crippen LogP contribution in [0.15, 0.2) is 53.9 Å². The van der Waals surface area contributed by atoms with Gasteiger partial charge in [-0.05, 0) is 31.2 Å². The number of nitrogens with one attached hydrogen (secondary N) is 2.